The first kappa shape index (κ1) is 16.1. The Labute approximate surface area is 147 Å². The zero-order valence-corrected chi connectivity index (χ0v) is 14.7. The van der Waals surface area contributed by atoms with Crippen molar-refractivity contribution in [2.24, 2.45) is 0 Å². The Morgan fingerprint density at radius 1 is 1.32 bits per heavy atom. The molecule has 0 amide bonds. The van der Waals surface area contributed by atoms with Crippen LogP contribution in [-0.4, -0.2) is 32.5 Å². The second kappa shape index (κ2) is 6.16. The summed E-state index contributed by atoms with van der Waals surface area (Å²) in [5.41, 5.74) is 2.58. The van der Waals surface area contributed by atoms with Crippen LogP contribution in [0.1, 0.15) is 23.6 Å². The van der Waals surface area contributed by atoms with Gasteiger partial charge in [-0.25, -0.2) is 0 Å². The number of ether oxygens (including phenoxy) is 1. The van der Waals surface area contributed by atoms with Crippen LogP contribution in [-0.2, 0) is 17.6 Å². The SMILES string of the molecule is COc1cccc2c1C(n1c(=O)ccc3cnc([S+](C)[O-])nc31)CC2. The second-order valence-corrected chi connectivity index (χ2v) is 7.29. The monoisotopic (exact) mass is 355 g/mol. The highest BCUT2D eigenvalue weighted by Crippen LogP contribution is 2.40. The molecule has 2 unspecified atom stereocenters. The maximum atomic E-state index is 12.7. The van der Waals surface area contributed by atoms with Gasteiger partial charge in [0.1, 0.15) is 12.0 Å². The first-order chi connectivity index (χ1) is 12.1. The molecular weight excluding hydrogens is 338 g/mol. The van der Waals surface area contributed by atoms with Crippen LogP contribution in [0.25, 0.3) is 11.0 Å². The van der Waals surface area contributed by atoms with E-state index in [2.05, 4.69) is 16.0 Å². The number of hydrogen-bond donors (Lipinski definition) is 0. The zero-order valence-electron chi connectivity index (χ0n) is 13.9. The number of pyridine rings is 1. The minimum atomic E-state index is -1.31. The van der Waals surface area contributed by atoms with Crippen LogP contribution in [0.3, 0.4) is 0 Å². The van der Waals surface area contributed by atoms with Gasteiger partial charge in [0.05, 0.1) is 13.2 Å². The van der Waals surface area contributed by atoms with Crippen molar-refractivity contribution in [2.45, 2.75) is 24.0 Å². The molecule has 1 aliphatic carbocycles. The maximum absolute atomic E-state index is 12.7. The van der Waals surface area contributed by atoms with E-state index in [0.717, 1.165) is 29.5 Å². The molecule has 2 atom stereocenters. The van der Waals surface area contributed by atoms with Crippen molar-refractivity contribution in [2.75, 3.05) is 13.4 Å². The summed E-state index contributed by atoms with van der Waals surface area (Å²) < 4.78 is 19.0. The topological polar surface area (TPSA) is 80.1 Å². The molecule has 25 heavy (non-hydrogen) atoms. The van der Waals surface area contributed by atoms with Gasteiger partial charge in [0.2, 0.25) is 0 Å². The minimum absolute atomic E-state index is 0.136. The quantitative estimate of drug-likeness (QED) is 0.531. The van der Waals surface area contributed by atoms with Crippen LogP contribution in [0.4, 0.5) is 0 Å². The fourth-order valence-electron chi connectivity index (χ4n) is 3.52. The van der Waals surface area contributed by atoms with E-state index in [9.17, 15) is 9.35 Å². The fraction of sp³-hybridized carbons (Fsp3) is 0.278. The molecule has 2 aromatic heterocycles. The number of fused-ring (bicyclic) bond motifs is 2. The lowest BCUT2D eigenvalue weighted by Gasteiger charge is -2.19. The molecular formula is C18H17N3O3S. The van der Waals surface area contributed by atoms with Crippen LogP contribution in [0.2, 0.25) is 0 Å². The number of aryl methyl sites for hydroxylation is 1. The molecule has 1 aromatic carbocycles. The third kappa shape index (κ3) is 2.60. The molecule has 0 radical (unpaired) electrons. The molecule has 128 valence electrons. The van der Waals surface area contributed by atoms with Crippen LogP contribution < -0.4 is 10.3 Å². The summed E-state index contributed by atoms with van der Waals surface area (Å²) >= 11 is -1.31. The van der Waals surface area contributed by atoms with E-state index in [1.54, 1.807) is 23.9 Å². The maximum Gasteiger partial charge on any atom is 0.344 e. The fourth-order valence-corrected chi connectivity index (χ4v) is 3.94. The van der Waals surface area contributed by atoms with Crippen LogP contribution in [0.5, 0.6) is 5.75 Å². The summed E-state index contributed by atoms with van der Waals surface area (Å²) in [6.45, 7) is 0. The molecule has 7 heteroatoms. The lowest BCUT2D eigenvalue weighted by atomic mass is 10.1. The highest BCUT2D eigenvalue weighted by Gasteiger charge is 2.29. The Balaban J connectivity index is 1.99. The van der Waals surface area contributed by atoms with Crippen molar-refractivity contribution >= 4 is 22.2 Å². The third-order valence-electron chi connectivity index (χ3n) is 4.61. The van der Waals surface area contributed by atoms with Gasteiger partial charge in [0.25, 0.3) is 5.56 Å². The molecule has 1 aliphatic rings. The summed E-state index contributed by atoms with van der Waals surface area (Å²) in [4.78, 5) is 21.2. The molecule has 0 N–H and O–H groups in total. The molecule has 4 rings (SSSR count). The normalized spacial score (nSPS) is 17.5. The van der Waals surface area contributed by atoms with E-state index in [-0.39, 0.29) is 16.8 Å². The average Bonchev–Trinajstić information content (AvgIpc) is 3.05. The van der Waals surface area contributed by atoms with E-state index in [1.807, 2.05) is 12.1 Å². The summed E-state index contributed by atoms with van der Waals surface area (Å²) in [6.07, 6.45) is 4.81. The van der Waals surface area contributed by atoms with E-state index in [0.29, 0.717) is 5.65 Å². The highest BCUT2D eigenvalue weighted by molar-refractivity contribution is 7.90. The van der Waals surface area contributed by atoms with Crippen molar-refractivity contribution in [3.8, 4) is 5.75 Å². The second-order valence-electron chi connectivity index (χ2n) is 6.01. The molecule has 3 aromatic rings. The Kier molecular flexibility index (Phi) is 3.97. The molecule has 0 aliphatic heterocycles. The predicted molar refractivity (Wildman–Crippen MR) is 95.6 cm³/mol. The van der Waals surface area contributed by atoms with E-state index in [4.69, 9.17) is 4.74 Å². The number of hydrogen-bond acceptors (Lipinski definition) is 5. The smallest absolute Gasteiger partial charge is 0.344 e. The summed E-state index contributed by atoms with van der Waals surface area (Å²) in [5.74, 6) is 0.775. The number of aromatic nitrogens is 3. The van der Waals surface area contributed by atoms with E-state index >= 15 is 0 Å². The van der Waals surface area contributed by atoms with Crippen LogP contribution >= 0.6 is 0 Å². The Morgan fingerprint density at radius 3 is 2.92 bits per heavy atom. The van der Waals surface area contributed by atoms with Gasteiger partial charge in [-0.2, -0.15) is 9.97 Å². The average molecular weight is 355 g/mol. The highest BCUT2D eigenvalue weighted by atomic mass is 32.2. The lowest BCUT2D eigenvalue weighted by Crippen LogP contribution is -2.25. The Morgan fingerprint density at radius 2 is 2.16 bits per heavy atom. The van der Waals surface area contributed by atoms with Crippen molar-refractivity contribution < 1.29 is 9.29 Å². The Hall–Kier alpha value is -2.38. The number of nitrogens with zero attached hydrogens (tertiary/aromatic N) is 3. The first-order valence-corrected chi connectivity index (χ1v) is 9.53. The van der Waals surface area contributed by atoms with Crippen molar-refractivity contribution in [1.29, 1.82) is 0 Å². The molecule has 0 saturated carbocycles. The molecule has 0 bridgehead atoms. The minimum Gasteiger partial charge on any atom is -0.609 e. The van der Waals surface area contributed by atoms with Gasteiger partial charge in [-0.05, 0) is 30.5 Å². The summed E-state index contributed by atoms with van der Waals surface area (Å²) in [5, 5.41) is 0.974. The van der Waals surface area contributed by atoms with Gasteiger partial charge in [-0.15, -0.1) is 0 Å². The van der Waals surface area contributed by atoms with Gasteiger partial charge in [-0.1, -0.05) is 12.1 Å². The van der Waals surface area contributed by atoms with Crippen molar-refractivity contribution in [3.63, 3.8) is 0 Å². The van der Waals surface area contributed by atoms with Crippen LogP contribution in [0, 0.1) is 0 Å². The molecule has 0 fully saturated rings. The molecule has 2 heterocycles. The largest absolute Gasteiger partial charge is 0.609 e. The van der Waals surface area contributed by atoms with Crippen molar-refractivity contribution in [3.05, 3.63) is 58.0 Å². The number of benzene rings is 1. The number of rotatable bonds is 3. The third-order valence-corrected chi connectivity index (χ3v) is 5.32. The van der Waals surface area contributed by atoms with Gasteiger partial charge < -0.3 is 9.29 Å². The lowest BCUT2D eigenvalue weighted by molar-refractivity contribution is 0.403. The summed E-state index contributed by atoms with van der Waals surface area (Å²) in [6, 6.07) is 9.02. The number of methoxy groups -OCH3 is 1. The van der Waals surface area contributed by atoms with Gasteiger partial charge in [0.15, 0.2) is 5.65 Å². The predicted octanol–water partition coefficient (Wildman–Crippen LogP) is 2.07. The zero-order chi connectivity index (χ0) is 17.6. The molecule has 0 spiro atoms. The van der Waals surface area contributed by atoms with Crippen molar-refractivity contribution in [1.82, 2.24) is 14.5 Å². The molecule has 6 nitrogen and oxygen atoms in total. The van der Waals surface area contributed by atoms with Gasteiger partial charge in [-0.3, -0.25) is 9.36 Å². The molecule has 0 saturated heterocycles. The van der Waals surface area contributed by atoms with E-state index < -0.39 is 11.2 Å². The van der Waals surface area contributed by atoms with Crippen LogP contribution in [0.15, 0.2) is 46.5 Å². The van der Waals surface area contributed by atoms with Gasteiger partial charge in [0, 0.05) is 34.4 Å². The standard InChI is InChI=1S/C18H17N3O3S/c1-24-14-5-3-4-11-6-8-13(16(11)14)21-15(22)9-7-12-10-19-18(25(2)23)20-17(12)21/h3-5,7,9-10,13H,6,8H2,1-2H3. The first-order valence-electron chi connectivity index (χ1n) is 7.97. The van der Waals surface area contributed by atoms with Gasteiger partial charge >= 0.3 is 5.16 Å². The summed E-state index contributed by atoms with van der Waals surface area (Å²) in [7, 11) is 1.64. The van der Waals surface area contributed by atoms with E-state index in [1.165, 1.54) is 17.9 Å². The Bertz CT molecular complexity index is 1020.